The van der Waals surface area contributed by atoms with Crippen molar-refractivity contribution in [1.82, 2.24) is 4.98 Å². The van der Waals surface area contributed by atoms with E-state index in [1.165, 1.54) is 0 Å². The van der Waals surface area contributed by atoms with Crippen LogP contribution in [0, 0.1) is 6.92 Å². The summed E-state index contributed by atoms with van der Waals surface area (Å²) in [5.74, 6) is -0.307. The van der Waals surface area contributed by atoms with E-state index in [0.29, 0.717) is 5.56 Å². The number of aryl methyl sites for hydroxylation is 1. The Balaban J connectivity index is 2.61. The number of hydrogen-bond donors (Lipinski definition) is 0. The fraction of sp³-hybridized carbons (Fsp3) is 0.286. The van der Waals surface area contributed by atoms with Crippen LogP contribution in [0.15, 0.2) is 28.7 Å². The van der Waals surface area contributed by atoms with E-state index in [1.54, 1.807) is 6.07 Å². The van der Waals surface area contributed by atoms with Crippen LogP contribution < -0.4 is 0 Å². The lowest BCUT2D eigenvalue weighted by Crippen LogP contribution is -2.12. The molecule has 0 aliphatic carbocycles. The lowest BCUT2D eigenvalue weighted by molar-refractivity contribution is 0.0380. The lowest BCUT2D eigenvalue weighted by Gasteiger charge is -2.11. The van der Waals surface area contributed by atoms with Crippen LogP contribution in [-0.4, -0.2) is 17.1 Å². The van der Waals surface area contributed by atoms with Gasteiger partial charge in [-0.15, -0.1) is 0 Å². The molecular weight excluding hydrogens is 294 g/mol. The third-order valence-electron chi connectivity index (χ3n) is 2.46. The first kappa shape index (κ1) is 13.0. The summed E-state index contributed by atoms with van der Waals surface area (Å²) in [5, 5.41) is 0.806. The van der Waals surface area contributed by atoms with Gasteiger partial charge >= 0.3 is 5.97 Å². The standard InChI is InChI=1S/C14H14BrNO2/c1-8(2)18-14(17)12-6-9(3)16-13-5-4-10(15)7-11(12)13/h4-8H,1-3H3. The number of halogens is 1. The molecule has 4 heteroatoms. The molecule has 0 unspecified atom stereocenters. The molecule has 0 atom stereocenters. The van der Waals surface area contributed by atoms with Gasteiger partial charge in [-0.1, -0.05) is 15.9 Å². The second-order valence-electron chi connectivity index (χ2n) is 4.43. The van der Waals surface area contributed by atoms with Gasteiger partial charge in [-0.05, 0) is 45.0 Å². The second-order valence-corrected chi connectivity index (χ2v) is 5.34. The summed E-state index contributed by atoms with van der Waals surface area (Å²) in [5.41, 5.74) is 2.17. The highest BCUT2D eigenvalue weighted by molar-refractivity contribution is 9.10. The number of fused-ring (bicyclic) bond motifs is 1. The summed E-state index contributed by atoms with van der Waals surface area (Å²) in [4.78, 5) is 16.5. The summed E-state index contributed by atoms with van der Waals surface area (Å²) < 4.78 is 6.17. The zero-order valence-corrected chi connectivity index (χ0v) is 12.1. The highest BCUT2D eigenvalue weighted by atomic mass is 79.9. The van der Waals surface area contributed by atoms with E-state index in [1.807, 2.05) is 39.0 Å². The van der Waals surface area contributed by atoms with Crippen molar-refractivity contribution in [3.63, 3.8) is 0 Å². The van der Waals surface area contributed by atoms with E-state index in [4.69, 9.17) is 4.74 Å². The number of hydrogen-bond acceptors (Lipinski definition) is 3. The summed E-state index contributed by atoms with van der Waals surface area (Å²) in [6.45, 7) is 5.54. The molecule has 0 fully saturated rings. The van der Waals surface area contributed by atoms with Gasteiger partial charge in [0.15, 0.2) is 0 Å². The molecule has 94 valence electrons. The fourth-order valence-corrected chi connectivity index (χ4v) is 2.14. The van der Waals surface area contributed by atoms with Crippen LogP contribution in [0.2, 0.25) is 0 Å². The minimum Gasteiger partial charge on any atom is -0.459 e. The zero-order valence-electron chi connectivity index (χ0n) is 10.5. The Morgan fingerprint density at radius 1 is 1.33 bits per heavy atom. The predicted molar refractivity (Wildman–Crippen MR) is 74.7 cm³/mol. The first-order chi connectivity index (χ1) is 8.47. The molecule has 0 aliphatic rings. The molecule has 0 saturated heterocycles. The Morgan fingerprint density at radius 3 is 2.72 bits per heavy atom. The van der Waals surface area contributed by atoms with Crippen molar-refractivity contribution in [3.05, 3.63) is 40.0 Å². The number of benzene rings is 1. The van der Waals surface area contributed by atoms with Crippen LogP contribution in [0.3, 0.4) is 0 Å². The number of rotatable bonds is 2. The van der Waals surface area contributed by atoms with Crippen LogP contribution in [0.5, 0.6) is 0 Å². The van der Waals surface area contributed by atoms with E-state index in [0.717, 1.165) is 21.1 Å². The molecular formula is C14H14BrNO2. The number of nitrogens with zero attached hydrogens (tertiary/aromatic N) is 1. The number of aromatic nitrogens is 1. The monoisotopic (exact) mass is 307 g/mol. The maximum atomic E-state index is 12.1. The van der Waals surface area contributed by atoms with Crippen molar-refractivity contribution >= 4 is 32.8 Å². The van der Waals surface area contributed by atoms with Crippen LogP contribution >= 0.6 is 15.9 Å². The van der Waals surface area contributed by atoms with Gasteiger partial charge < -0.3 is 4.74 Å². The second kappa shape index (κ2) is 5.06. The first-order valence-electron chi connectivity index (χ1n) is 5.75. The van der Waals surface area contributed by atoms with Crippen LogP contribution in [0.25, 0.3) is 10.9 Å². The number of pyridine rings is 1. The molecule has 2 rings (SSSR count). The van der Waals surface area contributed by atoms with E-state index in [2.05, 4.69) is 20.9 Å². The van der Waals surface area contributed by atoms with Crippen molar-refractivity contribution in [2.24, 2.45) is 0 Å². The van der Waals surface area contributed by atoms with Gasteiger partial charge in [0.05, 0.1) is 17.2 Å². The largest absolute Gasteiger partial charge is 0.459 e. The number of carbonyl (C=O) groups is 1. The third-order valence-corrected chi connectivity index (χ3v) is 2.95. The Labute approximate surface area is 114 Å². The molecule has 1 aromatic heterocycles. The van der Waals surface area contributed by atoms with E-state index in [-0.39, 0.29) is 12.1 Å². The van der Waals surface area contributed by atoms with Crippen LogP contribution in [-0.2, 0) is 4.74 Å². The molecule has 0 bridgehead atoms. The minimum absolute atomic E-state index is 0.131. The van der Waals surface area contributed by atoms with Gasteiger partial charge in [0, 0.05) is 15.6 Å². The molecule has 0 saturated carbocycles. The van der Waals surface area contributed by atoms with Gasteiger partial charge in [0.25, 0.3) is 0 Å². The zero-order chi connectivity index (χ0) is 13.3. The summed E-state index contributed by atoms with van der Waals surface area (Å²) in [6.07, 6.45) is -0.131. The van der Waals surface area contributed by atoms with E-state index >= 15 is 0 Å². The normalized spacial score (nSPS) is 10.9. The Morgan fingerprint density at radius 2 is 2.06 bits per heavy atom. The van der Waals surface area contributed by atoms with Gasteiger partial charge in [-0.2, -0.15) is 0 Å². The maximum Gasteiger partial charge on any atom is 0.339 e. The van der Waals surface area contributed by atoms with Crippen molar-refractivity contribution in [1.29, 1.82) is 0 Å². The quantitative estimate of drug-likeness (QED) is 0.791. The Bertz CT molecular complexity index is 608. The van der Waals surface area contributed by atoms with Gasteiger partial charge in [0.1, 0.15) is 0 Å². The summed E-state index contributed by atoms with van der Waals surface area (Å²) >= 11 is 3.41. The van der Waals surface area contributed by atoms with Gasteiger partial charge in [-0.25, -0.2) is 4.79 Å². The average Bonchev–Trinajstić information content (AvgIpc) is 2.27. The summed E-state index contributed by atoms with van der Waals surface area (Å²) in [7, 11) is 0. The molecule has 1 aromatic carbocycles. The maximum absolute atomic E-state index is 12.1. The molecule has 18 heavy (non-hydrogen) atoms. The molecule has 2 aromatic rings. The van der Waals surface area contributed by atoms with Crippen molar-refractivity contribution in [2.45, 2.75) is 26.9 Å². The smallest absolute Gasteiger partial charge is 0.339 e. The molecule has 0 aliphatic heterocycles. The lowest BCUT2D eigenvalue weighted by atomic mass is 10.1. The molecule has 0 N–H and O–H groups in total. The van der Waals surface area contributed by atoms with Gasteiger partial charge in [0.2, 0.25) is 0 Å². The molecule has 3 nitrogen and oxygen atoms in total. The molecule has 1 heterocycles. The van der Waals surface area contributed by atoms with Crippen LogP contribution in [0.1, 0.15) is 29.9 Å². The molecule has 0 radical (unpaired) electrons. The third kappa shape index (κ3) is 2.70. The highest BCUT2D eigenvalue weighted by Crippen LogP contribution is 2.23. The van der Waals surface area contributed by atoms with Crippen LogP contribution in [0.4, 0.5) is 0 Å². The first-order valence-corrected chi connectivity index (χ1v) is 6.54. The van der Waals surface area contributed by atoms with Crippen molar-refractivity contribution in [2.75, 3.05) is 0 Å². The Kier molecular flexibility index (Phi) is 3.66. The average molecular weight is 308 g/mol. The molecule has 0 spiro atoms. The number of ether oxygens (including phenoxy) is 1. The predicted octanol–water partition coefficient (Wildman–Crippen LogP) is 3.87. The summed E-state index contributed by atoms with van der Waals surface area (Å²) in [6, 6.07) is 7.45. The fourth-order valence-electron chi connectivity index (χ4n) is 1.78. The number of esters is 1. The van der Waals surface area contributed by atoms with Gasteiger partial charge in [-0.3, -0.25) is 4.98 Å². The van der Waals surface area contributed by atoms with Crippen molar-refractivity contribution in [3.8, 4) is 0 Å². The van der Waals surface area contributed by atoms with E-state index < -0.39 is 0 Å². The SMILES string of the molecule is Cc1cc(C(=O)OC(C)C)c2cc(Br)ccc2n1. The Hall–Kier alpha value is -1.42. The highest BCUT2D eigenvalue weighted by Gasteiger charge is 2.14. The number of carbonyl (C=O) groups excluding carboxylic acids is 1. The minimum atomic E-state index is -0.307. The molecule has 0 amide bonds. The van der Waals surface area contributed by atoms with E-state index in [9.17, 15) is 4.79 Å². The van der Waals surface area contributed by atoms with Crippen molar-refractivity contribution < 1.29 is 9.53 Å². The topological polar surface area (TPSA) is 39.2 Å².